The molecule has 6 heteroatoms. The van der Waals surface area contributed by atoms with Gasteiger partial charge in [0.05, 0.1) is 16.3 Å². The zero-order valence-electron chi connectivity index (χ0n) is 10.1. The zero-order chi connectivity index (χ0) is 13.3. The Kier molecular flexibility index (Phi) is 3.30. The largest absolute Gasteiger partial charge is 0.480 e. The normalized spacial score (nSPS) is 17.3. The molecular formula is C12H15NO4S. The summed E-state index contributed by atoms with van der Waals surface area (Å²) in [5, 5.41) is 8.89. The molecule has 0 atom stereocenters. The second-order valence-electron chi connectivity index (χ2n) is 4.25. The average Bonchev–Trinajstić information content (AvgIpc) is 2.32. The number of carboxylic acids is 1. The van der Waals surface area contributed by atoms with Gasteiger partial charge in [-0.1, -0.05) is 19.1 Å². The molecule has 0 spiro atoms. The minimum absolute atomic E-state index is 0.0273. The van der Waals surface area contributed by atoms with Crippen LogP contribution >= 0.6 is 0 Å². The van der Waals surface area contributed by atoms with Gasteiger partial charge < -0.3 is 10.0 Å². The van der Waals surface area contributed by atoms with Gasteiger partial charge in [-0.15, -0.1) is 0 Å². The molecule has 1 heterocycles. The molecule has 0 unspecified atom stereocenters. The van der Waals surface area contributed by atoms with Crippen molar-refractivity contribution < 1.29 is 18.3 Å². The maximum Gasteiger partial charge on any atom is 0.323 e. The second-order valence-corrected chi connectivity index (χ2v) is 6.33. The van der Waals surface area contributed by atoms with Crippen molar-refractivity contribution in [2.24, 2.45) is 0 Å². The van der Waals surface area contributed by atoms with Gasteiger partial charge in [-0.3, -0.25) is 4.79 Å². The van der Waals surface area contributed by atoms with Crippen molar-refractivity contribution in [1.29, 1.82) is 0 Å². The lowest BCUT2D eigenvalue weighted by atomic mass is 10.1. The molecule has 0 radical (unpaired) electrons. The number of carbonyl (C=O) groups is 1. The van der Waals surface area contributed by atoms with Crippen LogP contribution in [0, 0.1) is 0 Å². The first-order chi connectivity index (χ1) is 8.45. The number of nitrogens with zero attached hydrogens (tertiary/aromatic N) is 1. The van der Waals surface area contributed by atoms with Crippen molar-refractivity contribution in [3.8, 4) is 0 Å². The van der Waals surface area contributed by atoms with Gasteiger partial charge in [0.25, 0.3) is 0 Å². The fraction of sp³-hybridized carbons (Fsp3) is 0.417. The Balaban J connectivity index is 2.59. The predicted octanol–water partition coefficient (Wildman–Crippen LogP) is 0.927. The molecule has 0 aliphatic carbocycles. The summed E-state index contributed by atoms with van der Waals surface area (Å²) >= 11 is 0. The van der Waals surface area contributed by atoms with Crippen molar-refractivity contribution in [1.82, 2.24) is 0 Å². The van der Waals surface area contributed by atoms with E-state index in [-0.39, 0.29) is 23.7 Å². The number of fused-ring (bicyclic) bond motifs is 1. The molecule has 0 saturated carbocycles. The van der Waals surface area contributed by atoms with E-state index in [2.05, 4.69) is 0 Å². The maximum absolute atomic E-state index is 12.0. The molecule has 0 aromatic heterocycles. The van der Waals surface area contributed by atoms with Gasteiger partial charge in [-0.2, -0.15) is 0 Å². The van der Waals surface area contributed by atoms with Gasteiger partial charge in [0, 0.05) is 6.54 Å². The Morgan fingerprint density at radius 3 is 2.78 bits per heavy atom. The van der Waals surface area contributed by atoms with Crippen molar-refractivity contribution in [3.63, 3.8) is 0 Å². The fourth-order valence-corrected chi connectivity index (χ4v) is 3.76. The van der Waals surface area contributed by atoms with Crippen LogP contribution < -0.4 is 4.90 Å². The van der Waals surface area contributed by atoms with E-state index < -0.39 is 15.8 Å². The summed E-state index contributed by atoms with van der Waals surface area (Å²) in [7, 11) is -3.28. The summed E-state index contributed by atoms with van der Waals surface area (Å²) in [6.07, 6.45) is 0.675. The van der Waals surface area contributed by atoms with Gasteiger partial charge in [0.15, 0.2) is 9.84 Å². The molecule has 1 aromatic rings. The van der Waals surface area contributed by atoms with Gasteiger partial charge in [-0.05, 0) is 18.1 Å². The highest BCUT2D eigenvalue weighted by atomic mass is 32.2. The number of benzene rings is 1. The molecular weight excluding hydrogens is 254 g/mol. The van der Waals surface area contributed by atoms with Crippen LogP contribution in [0.15, 0.2) is 23.1 Å². The van der Waals surface area contributed by atoms with Crippen LogP contribution in [0.1, 0.15) is 12.5 Å². The molecule has 1 N–H and O–H groups in total. The third kappa shape index (κ3) is 2.20. The number of hydrogen-bond donors (Lipinski definition) is 1. The number of sulfone groups is 1. The lowest BCUT2D eigenvalue weighted by molar-refractivity contribution is -0.135. The molecule has 2 rings (SSSR count). The Bertz CT molecular complexity index is 580. The zero-order valence-corrected chi connectivity index (χ0v) is 10.9. The van der Waals surface area contributed by atoms with Crippen molar-refractivity contribution in [3.05, 3.63) is 23.8 Å². The topological polar surface area (TPSA) is 74.7 Å². The van der Waals surface area contributed by atoms with Crippen LogP contribution in [0.5, 0.6) is 0 Å². The first-order valence-electron chi connectivity index (χ1n) is 5.77. The molecule has 1 aromatic carbocycles. The van der Waals surface area contributed by atoms with E-state index in [1.807, 2.05) is 13.0 Å². The van der Waals surface area contributed by atoms with Crippen molar-refractivity contribution in [2.75, 3.05) is 23.7 Å². The van der Waals surface area contributed by atoms with E-state index in [1.54, 1.807) is 17.0 Å². The molecule has 0 saturated heterocycles. The van der Waals surface area contributed by atoms with Crippen LogP contribution in [-0.4, -0.2) is 38.3 Å². The minimum Gasteiger partial charge on any atom is -0.480 e. The first kappa shape index (κ1) is 12.9. The summed E-state index contributed by atoms with van der Waals surface area (Å²) in [5.41, 5.74) is 1.44. The summed E-state index contributed by atoms with van der Waals surface area (Å²) in [5.74, 6) is -0.980. The summed E-state index contributed by atoms with van der Waals surface area (Å²) in [4.78, 5) is 12.7. The quantitative estimate of drug-likeness (QED) is 0.883. The summed E-state index contributed by atoms with van der Waals surface area (Å²) < 4.78 is 24.0. The lowest BCUT2D eigenvalue weighted by Crippen LogP contribution is -2.39. The van der Waals surface area contributed by atoms with E-state index in [0.29, 0.717) is 12.1 Å². The van der Waals surface area contributed by atoms with E-state index in [0.717, 1.165) is 5.56 Å². The van der Waals surface area contributed by atoms with E-state index in [4.69, 9.17) is 5.11 Å². The third-order valence-corrected chi connectivity index (χ3v) is 4.79. The Morgan fingerprint density at radius 1 is 1.44 bits per heavy atom. The molecule has 5 nitrogen and oxygen atoms in total. The van der Waals surface area contributed by atoms with Crippen LogP contribution in [0.3, 0.4) is 0 Å². The Morgan fingerprint density at radius 2 is 2.17 bits per heavy atom. The highest BCUT2D eigenvalue weighted by Crippen LogP contribution is 2.33. The average molecular weight is 269 g/mol. The fourth-order valence-electron chi connectivity index (χ4n) is 2.24. The van der Waals surface area contributed by atoms with Gasteiger partial charge in [-0.25, -0.2) is 8.42 Å². The number of para-hydroxylation sites is 1. The lowest BCUT2D eigenvalue weighted by Gasteiger charge is -2.31. The van der Waals surface area contributed by atoms with Gasteiger partial charge >= 0.3 is 5.97 Å². The smallest absolute Gasteiger partial charge is 0.323 e. The van der Waals surface area contributed by atoms with Crippen molar-refractivity contribution >= 4 is 21.5 Å². The molecule has 1 aliphatic heterocycles. The van der Waals surface area contributed by atoms with Gasteiger partial charge in [0.2, 0.25) is 0 Å². The first-order valence-corrected chi connectivity index (χ1v) is 7.42. The number of aliphatic carboxylic acids is 1. The van der Waals surface area contributed by atoms with Crippen LogP contribution in [0.25, 0.3) is 0 Å². The molecule has 0 bridgehead atoms. The summed E-state index contributed by atoms with van der Waals surface area (Å²) in [6, 6.07) is 5.10. The van der Waals surface area contributed by atoms with Crippen LogP contribution in [0.2, 0.25) is 0 Å². The molecule has 0 amide bonds. The molecule has 98 valence electrons. The standard InChI is InChI=1S/C12H15NO4S/c1-2-9-4-3-5-10-12(9)13(8-11(14)15)6-7-18(10,16)17/h3-5H,2,6-8H2,1H3,(H,14,15). The SMILES string of the molecule is CCc1cccc2c1N(CC(=O)O)CCS2(=O)=O. The van der Waals surface area contributed by atoms with Crippen LogP contribution in [-0.2, 0) is 21.1 Å². The number of carboxylic acid groups (broad SMARTS) is 1. The Hall–Kier alpha value is -1.56. The number of rotatable bonds is 3. The van der Waals surface area contributed by atoms with E-state index >= 15 is 0 Å². The van der Waals surface area contributed by atoms with Crippen molar-refractivity contribution in [2.45, 2.75) is 18.2 Å². The Labute approximate surface area is 106 Å². The van der Waals surface area contributed by atoms with Gasteiger partial charge in [0.1, 0.15) is 6.54 Å². The maximum atomic E-state index is 12.0. The number of aryl methyl sites for hydroxylation is 1. The highest BCUT2D eigenvalue weighted by molar-refractivity contribution is 7.91. The number of anilines is 1. The number of hydrogen-bond acceptors (Lipinski definition) is 4. The third-order valence-electron chi connectivity index (χ3n) is 3.07. The minimum atomic E-state index is -3.28. The molecule has 1 aliphatic rings. The van der Waals surface area contributed by atoms with Crippen LogP contribution in [0.4, 0.5) is 5.69 Å². The monoisotopic (exact) mass is 269 g/mol. The van der Waals surface area contributed by atoms with E-state index in [9.17, 15) is 13.2 Å². The molecule has 0 fully saturated rings. The molecule has 18 heavy (non-hydrogen) atoms. The van der Waals surface area contributed by atoms with E-state index in [1.165, 1.54) is 0 Å². The highest BCUT2D eigenvalue weighted by Gasteiger charge is 2.30. The predicted molar refractivity (Wildman–Crippen MR) is 67.7 cm³/mol. The summed E-state index contributed by atoms with van der Waals surface area (Å²) in [6.45, 7) is 1.99. The second kappa shape index (κ2) is 4.61.